The van der Waals surface area contributed by atoms with E-state index in [9.17, 15) is 0 Å². The number of halogens is 1. The monoisotopic (exact) mass is 334 g/mol. The van der Waals surface area contributed by atoms with E-state index >= 15 is 0 Å². The highest BCUT2D eigenvalue weighted by Crippen LogP contribution is 2.23. The molecule has 0 amide bonds. The maximum absolute atomic E-state index is 5.78. The van der Waals surface area contributed by atoms with Gasteiger partial charge in [0.25, 0.3) is 0 Å². The molecule has 20 heavy (non-hydrogen) atoms. The van der Waals surface area contributed by atoms with Crippen LogP contribution in [0.5, 0.6) is 11.5 Å². The molecule has 1 unspecified atom stereocenters. The van der Waals surface area contributed by atoms with Gasteiger partial charge < -0.3 is 9.47 Å². The largest absolute Gasteiger partial charge is 0.497 e. The van der Waals surface area contributed by atoms with Crippen LogP contribution in [0.3, 0.4) is 0 Å². The molecule has 0 aliphatic rings. The Morgan fingerprint density at radius 2 is 1.60 bits per heavy atom. The Morgan fingerprint density at radius 3 is 2.20 bits per heavy atom. The molecule has 2 nitrogen and oxygen atoms in total. The van der Waals surface area contributed by atoms with Crippen molar-refractivity contribution in [3.8, 4) is 11.5 Å². The molecule has 0 radical (unpaired) electrons. The number of hydrogen-bond acceptors (Lipinski definition) is 2. The fraction of sp³-hybridized carbons (Fsp3) is 0.294. The number of methoxy groups -OCH3 is 1. The molecule has 0 aliphatic carbocycles. The summed E-state index contributed by atoms with van der Waals surface area (Å²) in [5.74, 6) is 2.21. The molecule has 0 heterocycles. The molecule has 0 aromatic heterocycles. The van der Waals surface area contributed by atoms with E-state index in [-0.39, 0.29) is 0 Å². The number of alkyl halides is 1. The minimum Gasteiger partial charge on any atom is -0.497 e. The van der Waals surface area contributed by atoms with Crippen LogP contribution in [0.1, 0.15) is 17.9 Å². The molecule has 106 valence electrons. The molecule has 0 N–H and O–H groups in total. The molecule has 0 spiro atoms. The molecule has 0 bridgehead atoms. The zero-order valence-electron chi connectivity index (χ0n) is 11.6. The molecule has 0 aliphatic heterocycles. The topological polar surface area (TPSA) is 18.5 Å². The normalized spacial score (nSPS) is 11.9. The van der Waals surface area contributed by atoms with Crippen molar-refractivity contribution >= 4 is 15.9 Å². The van der Waals surface area contributed by atoms with Gasteiger partial charge in [-0.2, -0.15) is 0 Å². The van der Waals surface area contributed by atoms with Gasteiger partial charge >= 0.3 is 0 Å². The summed E-state index contributed by atoms with van der Waals surface area (Å²) in [5.41, 5.74) is 1.35. The highest BCUT2D eigenvalue weighted by atomic mass is 79.9. The summed E-state index contributed by atoms with van der Waals surface area (Å²) < 4.78 is 10.9. The highest BCUT2D eigenvalue weighted by Gasteiger charge is 2.09. The Morgan fingerprint density at radius 1 is 0.950 bits per heavy atom. The Hall–Kier alpha value is -1.48. The van der Waals surface area contributed by atoms with Gasteiger partial charge in [-0.05, 0) is 42.2 Å². The van der Waals surface area contributed by atoms with E-state index in [0.29, 0.717) is 12.5 Å². The average molecular weight is 335 g/mol. The summed E-state index contributed by atoms with van der Waals surface area (Å²) in [5, 5.41) is 0.947. The van der Waals surface area contributed by atoms with Gasteiger partial charge in [0.15, 0.2) is 0 Å². The maximum Gasteiger partial charge on any atom is 0.119 e. The van der Waals surface area contributed by atoms with Gasteiger partial charge in [0.2, 0.25) is 0 Å². The molecule has 2 rings (SSSR count). The van der Waals surface area contributed by atoms with Crippen LogP contribution in [0.25, 0.3) is 0 Å². The number of rotatable bonds is 7. The van der Waals surface area contributed by atoms with Crippen molar-refractivity contribution in [1.29, 1.82) is 0 Å². The zero-order chi connectivity index (χ0) is 14.2. The van der Waals surface area contributed by atoms with Crippen LogP contribution in [0.15, 0.2) is 54.6 Å². The number of hydrogen-bond donors (Lipinski definition) is 0. The van der Waals surface area contributed by atoms with Crippen molar-refractivity contribution in [3.63, 3.8) is 0 Å². The average Bonchev–Trinajstić information content (AvgIpc) is 2.53. The van der Waals surface area contributed by atoms with E-state index < -0.39 is 0 Å². The zero-order valence-corrected chi connectivity index (χ0v) is 13.2. The molecule has 0 saturated heterocycles. The van der Waals surface area contributed by atoms with Crippen molar-refractivity contribution in [1.82, 2.24) is 0 Å². The van der Waals surface area contributed by atoms with Crippen LogP contribution >= 0.6 is 15.9 Å². The van der Waals surface area contributed by atoms with E-state index in [1.165, 1.54) is 5.56 Å². The van der Waals surface area contributed by atoms with Crippen molar-refractivity contribution < 1.29 is 9.47 Å². The van der Waals surface area contributed by atoms with Crippen molar-refractivity contribution in [3.05, 3.63) is 60.2 Å². The smallest absolute Gasteiger partial charge is 0.119 e. The van der Waals surface area contributed by atoms with Crippen molar-refractivity contribution in [2.75, 3.05) is 19.0 Å². The van der Waals surface area contributed by atoms with Crippen molar-refractivity contribution in [2.45, 2.75) is 12.3 Å². The SMILES string of the molecule is COc1ccc(OCCC(CBr)c2ccccc2)cc1. The number of ether oxygens (including phenoxy) is 2. The van der Waals surface area contributed by atoms with Gasteiger partial charge in [0, 0.05) is 5.33 Å². The van der Waals surface area contributed by atoms with Gasteiger partial charge in [0.05, 0.1) is 13.7 Å². The molecular formula is C17H19BrO2. The number of benzene rings is 2. The van der Waals surface area contributed by atoms with Crippen LogP contribution in [0.4, 0.5) is 0 Å². The molecular weight excluding hydrogens is 316 g/mol. The third-order valence-electron chi connectivity index (χ3n) is 3.25. The predicted octanol–water partition coefficient (Wildman–Crippen LogP) is 4.64. The standard InChI is InChI=1S/C17H19BrO2/c1-19-16-7-9-17(10-8-16)20-12-11-15(13-18)14-5-3-2-4-6-14/h2-10,15H,11-13H2,1H3. The van der Waals surface area contributed by atoms with Crippen LogP contribution < -0.4 is 9.47 Å². The van der Waals surface area contributed by atoms with Crippen molar-refractivity contribution in [2.24, 2.45) is 0 Å². The summed E-state index contributed by atoms with van der Waals surface area (Å²) in [6.07, 6.45) is 0.987. The van der Waals surface area contributed by atoms with E-state index in [2.05, 4.69) is 40.2 Å². The minimum absolute atomic E-state index is 0.481. The van der Waals surface area contributed by atoms with Gasteiger partial charge in [-0.25, -0.2) is 0 Å². The maximum atomic E-state index is 5.78. The van der Waals surface area contributed by atoms with Gasteiger partial charge in [-0.15, -0.1) is 0 Å². The first-order chi connectivity index (χ1) is 9.83. The second kappa shape index (κ2) is 7.95. The fourth-order valence-electron chi connectivity index (χ4n) is 2.05. The lowest BCUT2D eigenvalue weighted by atomic mass is 9.98. The molecule has 2 aromatic carbocycles. The molecule has 0 saturated carbocycles. The van der Waals surface area contributed by atoms with Gasteiger partial charge in [0.1, 0.15) is 11.5 Å². The third-order valence-corrected chi connectivity index (χ3v) is 4.03. The lowest BCUT2D eigenvalue weighted by Crippen LogP contribution is -2.07. The molecule has 1 atom stereocenters. The van der Waals surface area contributed by atoms with E-state index in [1.807, 2.05) is 30.3 Å². The molecule has 0 fully saturated rings. The Bertz CT molecular complexity index is 496. The first-order valence-corrected chi connectivity index (χ1v) is 7.83. The summed E-state index contributed by atoms with van der Waals surface area (Å²) in [7, 11) is 1.66. The fourth-order valence-corrected chi connectivity index (χ4v) is 2.75. The van der Waals surface area contributed by atoms with Crippen LogP contribution in [-0.2, 0) is 0 Å². The van der Waals surface area contributed by atoms with E-state index in [4.69, 9.17) is 9.47 Å². The molecule has 3 heteroatoms. The Kier molecular flexibility index (Phi) is 5.93. The van der Waals surface area contributed by atoms with Gasteiger partial charge in [-0.1, -0.05) is 46.3 Å². The van der Waals surface area contributed by atoms with Crippen LogP contribution in [0, 0.1) is 0 Å². The Labute approximate surface area is 128 Å². The van der Waals surface area contributed by atoms with Crippen LogP contribution in [0.2, 0.25) is 0 Å². The van der Waals surface area contributed by atoms with Gasteiger partial charge in [-0.3, -0.25) is 0 Å². The van der Waals surface area contributed by atoms with E-state index in [0.717, 1.165) is 23.2 Å². The van der Waals surface area contributed by atoms with Crippen LogP contribution in [-0.4, -0.2) is 19.0 Å². The minimum atomic E-state index is 0.481. The summed E-state index contributed by atoms with van der Waals surface area (Å²) in [6, 6.07) is 18.2. The highest BCUT2D eigenvalue weighted by molar-refractivity contribution is 9.09. The lowest BCUT2D eigenvalue weighted by molar-refractivity contribution is 0.301. The third kappa shape index (κ3) is 4.27. The first-order valence-electron chi connectivity index (χ1n) is 6.71. The molecule has 2 aromatic rings. The summed E-state index contributed by atoms with van der Waals surface area (Å²) in [4.78, 5) is 0. The second-order valence-electron chi connectivity index (χ2n) is 4.57. The first kappa shape index (κ1) is 14.9. The Balaban J connectivity index is 1.84. The second-order valence-corrected chi connectivity index (χ2v) is 5.22. The quantitative estimate of drug-likeness (QED) is 0.686. The predicted molar refractivity (Wildman–Crippen MR) is 86.1 cm³/mol. The van der Waals surface area contributed by atoms with E-state index in [1.54, 1.807) is 7.11 Å². The lowest BCUT2D eigenvalue weighted by Gasteiger charge is -2.15. The summed E-state index contributed by atoms with van der Waals surface area (Å²) in [6.45, 7) is 0.706. The summed E-state index contributed by atoms with van der Waals surface area (Å²) >= 11 is 3.59.